The molecule has 0 bridgehead atoms. The number of sulfone groups is 1. The SMILES string of the molecule is O=C(NCc1cc2nc(-c3ccc(OC(F)F)c(C4CC4)n3)ccc2cn1)c1cc(C(F)F)c2c(c1)S(=O)(=O)[C@@H](F)COC2. The Hall–Kier alpha value is -4.24. The second-order valence-corrected chi connectivity index (χ2v) is 12.3. The quantitative estimate of drug-likeness (QED) is 0.248. The van der Waals surface area contributed by atoms with Crippen LogP contribution in [0.25, 0.3) is 22.3 Å². The summed E-state index contributed by atoms with van der Waals surface area (Å²) in [5.41, 5.74) is -1.80. The van der Waals surface area contributed by atoms with Gasteiger partial charge in [-0.2, -0.15) is 8.78 Å². The summed E-state index contributed by atoms with van der Waals surface area (Å²) in [7, 11) is -4.67. The highest BCUT2D eigenvalue weighted by molar-refractivity contribution is 7.92. The Balaban J connectivity index is 1.25. The van der Waals surface area contributed by atoms with E-state index in [4.69, 9.17) is 4.74 Å². The zero-order valence-electron chi connectivity index (χ0n) is 22.6. The molecule has 1 saturated carbocycles. The van der Waals surface area contributed by atoms with Gasteiger partial charge in [0.05, 0.1) is 52.9 Å². The molecule has 3 aromatic heterocycles. The van der Waals surface area contributed by atoms with Crippen molar-refractivity contribution in [3.05, 3.63) is 76.7 Å². The van der Waals surface area contributed by atoms with Crippen molar-refractivity contribution in [3.63, 3.8) is 0 Å². The van der Waals surface area contributed by atoms with Crippen LogP contribution in [0.5, 0.6) is 5.75 Å². The lowest BCUT2D eigenvalue weighted by Gasteiger charge is -2.15. The smallest absolute Gasteiger partial charge is 0.387 e. The molecule has 1 N–H and O–H groups in total. The van der Waals surface area contributed by atoms with E-state index in [2.05, 4.69) is 25.0 Å². The molecule has 9 nitrogen and oxygen atoms in total. The van der Waals surface area contributed by atoms with E-state index in [1.165, 1.54) is 18.3 Å². The Kier molecular flexibility index (Phi) is 7.92. The maximum atomic E-state index is 14.3. The van der Waals surface area contributed by atoms with Crippen LogP contribution in [0.3, 0.4) is 0 Å². The van der Waals surface area contributed by atoms with Crippen molar-refractivity contribution in [1.82, 2.24) is 20.3 Å². The molecule has 1 aromatic carbocycles. The third-order valence-corrected chi connectivity index (χ3v) is 9.05. The number of ether oxygens (including phenoxy) is 2. The van der Waals surface area contributed by atoms with E-state index < -0.39 is 63.5 Å². The fourth-order valence-electron chi connectivity index (χ4n) is 4.90. The maximum Gasteiger partial charge on any atom is 0.387 e. The fraction of sp³-hybridized carbons (Fsp3) is 0.310. The van der Waals surface area contributed by atoms with Crippen LogP contribution < -0.4 is 10.1 Å². The Morgan fingerprint density at radius 3 is 2.52 bits per heavy atom. The van der Waals surface area contributed by atoms with Gasteiger partial charge >= 0.3 is 6.61 Å². The Morgan fingerprint density at radius 2 is 1.80 bits per heavy atom. The van der Waals surface area contributed by atoms with Gasteiger partial charge in [0.25, 0.3) is 12.3 Å². The van der Waals surface area contributed by atoms with Crippen LogP contribution in [-0.4, -0.2) is 48.0 Å². The van der Waals surface area contributed by atoms with E-state index >= 15 is 0 Å². The molecular weight excluding hydrogens is 611 g/mol. The van der Waals surface area contributed by atoms with Crippen LogP contribution in [0.15, 0.2) is 53.6 Å². The van der Waals surface area contributed by atoms with Crippen molar-refractivity contribution < 1.29 is 44.6 Å². The average Bonchev–Trinajstić information content (AvgIpc) is 3.85. The van der Waals surface area contributed by atoms with Crippen LogP contribution in [0.2, 0.25) is 0 Å². The minimum atomic E-state index is -4.67. The van der Waals surface area contributed by atoms with E-state index in [-0.39, 0.29) is 23.8 Å². The molecule has 4 heterocycles. The summed E-state index contributed by atoms with van der Waals surface area (Å²) in [4.78, 5) is 25.7. The second-order valence-electron chi connectivity index (χ2n) is 10.3. The first-order valence-corrected chi connectivity index (χ1v) is 15.0. The summed E-state index contributed by atoms with van der Waals surface area (Å²) in [6.07, 6.45) is 0.00732. The van der Waals surface area contributed by atoms with Gasteiger partial charge in [-0.25, -0.2) is 31.6 Å². The number of amides is 1. The number of carbonyl (C=O) groups is 1. The lowest BCUT2D eigenvalue weighted by atomic mass is 10.0. The summed E-state index contributed by atoms with van der Waals surface area (Å²) in [5, 5.41) is 3.18. The molecule has 1 aliphatic heterocycles. The van der Waals surface area contributed by atoms with E-state index in [0.29, 0.717) is 33.7 Å². The molecule has 1 amide bonds. The zero-order chi connectivity index (χ0) is 31.2. The molecule has 1 atom stereocenters. The van der Waals surface area contributed by atoms with Crippen molar-refractivity contribution in [2.24, 2.45) is 0 Å². The highest BCUT2D eigenvalue weighted by Crippen LogP contribution is 2.44. The van der Waals surface area contributed by atoms with Crippen LogP contribution in [0.4, 0.5) is 22.0 Å². The first kappa shape index (κ1) is 29.8. The summed E-state index contributed by atoms with van der Waals surface area (Å²) < 4.78 is 102. The largest absolute Gasteiger partial charge is 0.433 e. The lowest BCUT2D eigenvalue weighted by molar-refractivity contribution is -0.0507. The summed E-state index contributed by atoms with van der Waals surface area (Å²) in [6.45, 7) is -4.51. The van der Waals surface area contributed by atoms with E-state index in [1.54, 1.807) is 18.2 Å². The predicted molar refractivity (Wildman–Crippen MR) is 146 cm³/mol. The molecule has 230 valence electrons. The average molecular weight is 635 g/mol. The summed E-state index contributed by atoms with van der Waals surface area (Å²) >= 11 is 0. The molecular formula is C29H23F5N4O5S. The van der Waals surface area contributed by atoms with E-state index in [1.807, 2.05) is 0 Å². The number of halogens is 5. The number of alkyl halides is 5. The number of hydrogen-bond acceptors (Lipinski definition) is 8. The highest BCUT2D eigenvalue weighted by atomic mass is 32.2. The third-order valence-electron chi connectivity index (χ3n) is 7.27. The van der Waals surface area contributed by atoms with Crippen molar-refractivity contribution in [3.8, 4) is 17.1 Å². The van der Waals surface area contributed by atoms with Crippen molar-refractivity contribution in [2.45, 2.75) is 55.3 Å². The maximum absolute atomic E-state index is 14.3. The molecule has 44 heavy (non-hydrogen) atoms. The number of fused-ring (bicyclic) bond motifs is 2. The molecule has 0 unspecified atom stereocenters. The van der Waals surface area contributed by atoms with Gasteiger partial charge in [0, 0.05) is 34.2 Å². The first-order chi connectivity index (χ1) is 21.0. The monoisotopic (exact) mass is 634 g/mol. The molecule has 15 heteroatoms. The molecule has 1 fully saturated rings. The number of aromatic nitrogens is 3. The topological polar surface area (TPSA) is 120 Å². The number of pyridine rings is 3. The highest BCUT2D eigenvalue weighted by Gasteiger charge is 2.36. The van der Waals surface area contributed by atoms with E-state index in [0.717, 1.165) is 25.0 Å². The minimum Gasteiger partial charge on any atom is -0.433 e. The Morgan fingerprint density at radius 1 is 1.05 bits per heavy atom. The van der Waals surface area contributed by atoms with Gasteiger partial charge in [-0.3, -0.25) is 9.78 Å². The normalized spacial score (nSPS) is 17.8. The predicted octanol–water partition coefficient (Wildman–Crippen LogP) is 5.64. The van der Waals surface area contributed by atoms with Crippen LogP contribution in [0, 0.1) is 0 Å². The summed E-state index contributed by atoms with van der Waals surface area (Å²) in [6, 6.07) is 9.75. The first-order valence-electron chi connectivity index (χ1n) is 13.4. The number of nitrogens with one attached hydrogen (secondary N) is 1. The number of nitrogens with zero attached hydrogens (tertiary/aromatic N) is 3. The number of rotatable bonds is 8. The van der Waals surface area contributed by atoms with Gasteiger partial charge in [-0.05, 0) is 55.3 Å². The summed E-state index contributed by atoms with van der Waals surface area (Å²) in [5.74, 6) is -0.816. The molecule has 0 radical (unpaired) electrons. The van der Waals surface area contributed by atoms with Gasteiger partial charge in [0.15, 0.2) is 0 Å². The van der Waals surface area contributed by atoms with Crippen LogP contribution in [-0.2, 0) is 27.7 Å². The van der Waals surface area contributed by atoms with Gasteiger partial charge < -0.3 is 14.8 Å². The van der Waals surface area contributed by atoms with Gasteiger partial charge in [-0.1, -0.05) is 0 Å². The third kappa shape index (κ3) is 5.93. The van der Waals surface area contributed by atoms with Crippen molar-refractivity contribution >= 4 is 26.6 Å². The van der Waals surface area contributed by atoms with Gasteiger partial charge in [0.2, 0.25) is 15.3 Å². The molecule has 0 spiro atoms. The Bertz CT molecular complexity index is 1870. The molecule has 2 aliphatic rings. The second kappa shape index (κ2) is 11.7. The molecule has 4 aromatic rings. The minimum absolute atomic E-state index is 0.0277. The van der Waals surface area contributed by atoms with Crippen molar-refractivity contribution in [2.75, 3.05) is 6.61 Å². The number of hydrogen-bond donors (Lipinski definition) is 1. The fourth-order valence-corrected chi connectivity index (χ4v) is 6.26. The Labute approximate surface area is 247 Å². The molecule has 0 saturated heterocycles. The van der Waals surface area contributed by atoms with Crippen molar-refractivity contribution in [1.29, 1.82) is 0 Å². The van der Waals surface area contributed by atoms with Crippen LogP contribution >= 0.6 is 0 Å². The van der Waals surface area contributed by atoms with Gasteiger partial charge in [-0.15, -0.1) is 0 Å². The lowest BCUT2D eigenvalue weighted by Crippen LogP contribution is -2.25. The zero-order valence-corrected chi connectivity index (χ0v) is 23.5. The standard InChI is InChI=1S/C29H23F5N4O5S/c30-25-13-42-12-19-18(27(31)32)7-16(8-24(19)44(25,40)41)28(39)36-11-17-9-22-15(10-35-17)3-4-20(37-22)21-5-6-23(43-29(33)34)26(38-21)14-1-2-14/h3-10,14,25,27,29H,1-2,11-13H2,(H,36,39)/t25-/m1/s1. The van der Waals surface area contributed by atoms with E-state index in [9.17, 15) is 35.2 Å². The molecule has 6 rings (SSSR count). The number of benzene rings is 1. The van der Waals surface area contributed by atoms with Gasteiger partial charge in [0.1, 0.15) is 5.75 Å². The number of carbonyl (C=O) groups excluding carboxylic acids is 1. The molecule has 1 aliphatic carbocycles. The van der Waals surface area contributed by atoms with Crippen LogP contribution in [0.1, 0.15) is 58.1 Å².